The first kappa shape index (κ1) is 19.9. The van der Waals surface area contributed by atoms with Crippen molar-refractivity contribution >= 4 is 17.5 Å². The highest BCUT2D eigenvalue weighted by atomic mass is 16.3. The van der Waals surface area contributed by atoms with Gasteiger partial charge in [0.05, 0.1) is 30.6 Å². The smallest absolute Gasteiger partial charge is 0.291 e. The van der Waals surface area contributed by atoms with E-state index in [1.54, 1.807) is 41.3 Å². The van der Waals surface area contributed by atoms with Gasteiger partial charge in [0, 0.05) is 24.9 Å². The van der Waals surface area contributed by atoms with Crippen LogP contribution < -0.4 is 15.5 Å². The minimum atomic E-state index is -0.393. The van der Waals surface area contributed by atoms with Crippen LogP contribution in [0.2, 0.25) is 0 Å². The number of hydrogen-bond acceptors (Lipinski definition) is 3. The summed E-state index contributed by atoms with van der Waals surface area (Å²) in [5, 5.41) is 5.68. The lowest BCUT2D eigenvalue weighted by Gasteiger charge is -2.13. The minimum absolute atomic E-state index is 0.195. The van der Waals surface area contributed by atoms with Crippen molar-refractivity contribution in [3.8, 4) is 0 Å². The van der Waals surface area contributed by atoms with Gasteiger partial charge < -0.3 is 20.0 Å². The van der Waals surface area contributed by atoms with E-state index in [-0.39, 0.29) is 11.7 Å². The molecule has 1 fully saturated rings. The normalized spacial score (nSPS) is 13.9. The standard InChI is InChI=1S/C24H25N3O3/c28-23(20-6-1-2-7-21(20)26-24(29)22-8-5-15-30-22)25-16-18-9-11-19(12-10-18)17-27-13-3-4-14-27/h1-2,5-12,15H,3-4,13-14,16-17H2,(H,25,28)(H,26,29)/p+1. The summed E-state index contributed by atoms with van der Waals surface area (Å²) in [5.74, 6) is -0.437. The van der Waals surface area contributed by atoms with E-state index in [1.807, 2.05) is 0 Å². The van der Waals surface area contributed by atoms with Crippen molar-refractivity contribution in [1.29, 1.82) is 0 Å². The predicted molar refractivity (Wildman–Crippen MR) is 114 cm³/mol. The molecule has 30 heavy (non-hydrogen) atoms. The van der Waals surface area contributed by atoms with Crippen LogP contribution in [-0.4, -0.2) is 24.9 Å². The van der Waals surface area contributed by atoms with Gasteiger partial charge in [0.1, 0.15) is 6.54 Å². The van der Waals surface area contributed by atoms with Gasteiger partial charge in [0.2, 0.25) is 0 Å². The summed E-state index contributed by atoms with van der Waals surface area (Å²) in [7, 11) is 0. The SMILES string of the molecule is O=C(Nc1ccccc1C(=O)NCc1ccc(C[NH+]2CCCC2)cc1)c1ccco1. The number of nitrogens with one attached hydrogen (secondary N) is 3. The number of furan rings is 1. The zero-order chi connectivity index (χ0) is 20.8. The van der Waals surface area contributed by atoms with E-state index in [0.717, 1.165) is 12.1 Å². The lowest BCUT2D eigenvalue weighted by atomic mass is 10.1. The molecule has 0 aliphatic carbocycles. The molecule has 0 bridgehead atoms. The molecule has 1 aliphatic rings. The fourth-order valence-corrected chi connectivity index (χ4v) is 3.77. The largest absolute Gasteiger partial charge is 0.459 e. The van der Waals surface area contributed by atoms with Crippen LogP contribution >= 0.6 is 0 Å². The fourth-order valence-electron chi connectivity index (χ4n) is 3.77. The minimum Gasteiger partial charge on any atom is -0.459 e. The highest BCUT2D eigenvalue weighted by Crippen LogP contribution is 2.17. The second-order valence-electron chi connectivity index (χ2n) is 7.61. The number of carbonyl (C=O) groups is 2. The molecule has 2 amide bonds. The molecule has 2 heterocycles. The number of anilines is 1. The van der Waals surface area contributed by atoms with Crippen LogP contribution in [0.1, 0.15) is 44.9 Å². The number of likely N-dealkylation sites (tertiary alicyclic amines) is 1. The van der Waals surface area contributed by atoms with Crippen molar-refractivity contribution in [3.05, 3.63) is 89.4 Å². The van der Waals surface area contributed by atoms with Crippen molar-refractivity contribution in [2.75, 3.05) is 18.4 Å². The van der Waals surface area contributed by atoms with Gasteiger partial charge in [-0.25, -0.2) is 0 Å². The van der Waals surface area contributed by atoms with Crippen LogP contribution in [0.3, 0.4) is 0 Å². The number of carbonyl (C=O) groups excluding carboxylic acids is 2. The monoisotopic (exact) mass is 404 g/mol. The summed E-state index contributed by atoms with van der Waals surface area (Å²) in [6.07, 6.45) is 4.08. The maximum Gasteiger partial charge on any atom is 0.291 e. The van der Waals surface area contributed by atoms with Crippen molar-refractivity contribution in [2.24, 2.45) is 0 Å². The van der Waals surface area contributed by atoms with Crippen molar-refractivity contribution < 1.29 is 18.9 Å². The Morgan fingerprint density at radius 1 is 0.867 bits per heavy atom. The van der Waals surface area contributed by atoms with Gasteiger partial charge in [-0.2, -0.15) is 0 Å². The van der Waals surface area contributed by atoms with E-state index in [4.69, 9.17) is 4.42 Å². The Kier molecular flexibility index (Phi) is 6.25. The molecule has 154 valence electrons. The van der Waals surface area contributed by atoms with Crippen molar-refractivity contribution in [3.63, 3.8) is 0 Å². The zero-order valence-corrected chi connectivity index (χ0v) is 16.8. The van der Waals surface area contributed by atoms with Gasteiger partial charge in [0.15, 0.2) is 5.76 Å². The predicted octanol–water partition coefficient (Wildman–Crippen LogP) is 2.64. The first-order valence-corrected chi connectivity index (χ1v) is 10.3. The highest BCUT2D eigenvalue weighted by Gasteiger charge is 2.16. The Labute approximate surface area is 175 Å². The molecule has 0 unspecified atom stereocenters. The Bertz CT molecular complexity index is 991. The van der Waals surface area contributed by atoms with E-state index in [1.165, 1.54) is 37.8 Å². The zero-order valence-electron chi connectivity index (χ0n) is 16.8. The third kappa shape index (κ3) is 4.96. The van der Waals surface area contributed by atoms with Crippen LogP contribution in [0.25, 0.3) is 0 Å². The number of rotatable bonds is 7. The summed E-state index contributed by atoms with van der Waals surface area (Å²) in [4.78, 5) is 26.6. The van der Waals surface area contributed by atoms with E-state index in [0.29, 0.717) is 17.8 Å². The highest BCUT2D eigenvalue weighted by molar-refractivity contribution is 6.07. The Morgan fingerprint density at radius 3 is 2.33 bits per heavy atom. The van der Waals surface area contributed by atoms with Gasteiger partial charge in [-0.1, -0.05) is 36.4 Å². The molecule has 4 rings (SSSR count). The molecule has 3 aromatic rings. The van der Waals surface area contributed by atoms with Gasteiger partial charge in [-0.3, -0.25) is 9.59 Å². The van der Waals surface area contributed by atoms with E-state index >= 15 is 0 Å². The van der Waals surface area contributed by atoms with Gasteiger partial charge >= 0.3 is 0 Å². The molecule has 0 spiro atoms. The number of para-hydroxylation sites is 1. The maximum absolute atomic E-state index is 12.7. The Morgan fingerprint density at radius 2 is 1.60 bits per heavy atom. The molecule has 1 saturated heterocycles. The lowest BCUT2D eigenvalue weighted by Crippen LogP contribution is -3.08. The van der Waals surface area contributed by atoms with Gasteiger partial charge in [-0.15, -0.1) is 0 Å². The summed E-state index contributed by atoms with van der Waals surface area (Å²) in [5.41, 5.74) is 3.22. The summed E-state index contributed by atoms with van der Waals surface area (Å²) in [6.45, 7) is 4.01. The molecule has 6 nitrogen and oxygen atoms in total. The molecular formula is C24H26N3O3+. The lowest BCUT2D eigenvalue weighted by molar-refractivity contribution is -0.901. The van der Waals surface area contributed by atoms with Crippen LogP contribution in [0, 0.1) is 0 Å². The number of quaternary nitrogens is 1. The molecule has 0 atom stereocenters. The molecule has 1 aliphatic heterocycles. The fraction of sp³-hybridized carbons (Fsp3) is 0.250. The van der Waals surface area contributed by atoms with E-state index in [2.05, 4.69) is 34.9 Å². The first-order chi connectivity index (χ1) is 14.7. The van der Waals surface area contributed by atoms with Crippen molar-refractivity contribution in [2.45, 2.75) is 25.9 Å². The topological polar surface area (TPSA) is 75.8 Å². The summed E-state index contributed by atoms with van der Waals surface area (Å²) >= 11 is 0. The maximum atomic E-state index is 12.7. The number of benzene rings is 2. The van der Waals surface area contributed by atoms with E-state index in [9.17, 15) is 9.59 Å². The molecule has 6 heteroatoms. The van der Waals surface area contributed by atoms with Gasteiger partial charge in [-0.05, 0) is 29.8 Å². The molecular weight excluding hydrogens is 378 g/mol. The van der Waals surface area contributed by atoms with Crippen LogP contribution in [-0.2, 0) is 13.1 Å². The van der Waals surface area contributed by atoms with Crippen molar-refractivity contribution in [1.82, 2.24) is 5.32 Å². The summed E-state index contributed by atoms with van der Waals surface area (Å²) in [6, 6.07) is 18.6. The van der Waals surface area contributed by atoms with E-state index < -0.39 is 5.91 Å². The third-order valence-electron chi connectivity index (χ3n) is 5.41. The van der Waals surface area contributed by atoms with Crippen LogP contribution in [0.15, 0.2) is 71.3 Å². The summed E-state index contributed by atoms with van der Waals surface area (Å²) < 4.78 is 5.11. The number of amides is 2. The Balaban J connectivity index is 1.35. The molecule has 1 aromatic heterocycles. The Hall–Kier alpha value is -3.38. The van der Waals surface area contributed by atoms with Gasteiger partial charge in [0.25, 0.3) is 11.8 Å². The number of hydrogen-bond donors (Lipinski definition) is 3. The molecule has 3 N–H and O–H groups in total. The molecule has 0 saturated carbocycles. The van der Waals surface area contributed by atoms with Crippen LogP contribution in [0.4, 0.5) is 5.69 Å². The average Bonchev–Trinajstić information content (AvgIpc) is 3.48. The van der Waals surface area contributed by atoms with Crippen LogP contribution in [0.5, 0.6) is 0 Å². The third-order valence-corrected chi connectivity index (χ3v) is 5.41. The molecule has 2 aromatic carbocycles. The second kappa shape index (κ2) is 9.41. The second-order valence-corrected chi connectivity index (χ2v) is 7.61. The first-order valence-electron chi connectivity index (χ1n) is 10.3. The average molecular weight is 404 g/mol. The quantitative estimate of drug-likeness (QED) is 0.567. The molecule has 0 radical (unpaired) electrons.